The molecule has 2 aliphatic heterocycles. The van der Waals surface area contributed by atoms with Gasteiger partial charge in [-0.3, -0.25) is 9.59 Å². The molecule has 1 unspecified atom stereocenters. The molecule has 26 heavy (non-hydrogen) atoms. The van der Waals surface area contributed by atoms with Gasteiger partial charge in [-0.2, -0.15) is 0 Å². The topological polar surface area (TPSA) is 48.8 Å². The van der Waals surface area contributed by atoms with Crippen LogP contribution in [0, 0.1) is 0 Å². The number of aromatic nitrogens is 1. The van der Waals surface area contributed by atoms with Gasteiger partial charge in [0.05, 0.1) is 0 Å². The fourth-order valence-corrected chi connectivity index (χ4v) is 4.27. The highest BCUT2D eigenvalue weighted by Crippen LogP contribution is 2.19. The van der Waals surface area contributed by atoms with Crippen LogP contribution in [0.2, 0.25) is 0 Å². The third-order valence-electron chi connectivity index (χ3n) is 5.80. The SMILES string of the molecule is CC(=O)N(CCN1CCCCC1)C1CCCN(C(=O)c2cccn2C)C1. The Morgan fingerprint density at radius 2 is 1.92 bits per heavy atom. The zero-order valence-corrected chi connectivity index (χ0v) is 16.2. The van der Waals surface area contributed by atoms with Crippen LogP contribution in [0.4, 0.5) is 0 Å². The van der Waals surface area contributed by atoms with E-state index in [2.05, 4.69) is 4.90 Å². The first-order valence-electron chi connectivity index (χ1n) is 9.96. The summed E-state index contributed by atoms with van der Waals surface area (Å²) in [7, 11) is 1.90. The first kappa shape index (κ1) is 19.0. The first-order chi connectivity index (χ1) is 12.6. The lowest BCUT2D eigenvalue weighted by Crippen LogP contribution is -2.53. The van der Waals surface area contributed by atoms with Gasteiger partial charge in [-0.1, -0.05) is 6.42 Å². The molecule has 2 fully saturated rings. The maximum atomic E-state index is 12.8. The Kier molecular flexibility index (Phi) is 6.35. The highest BCUT2D eigenvalue weighted by molar-refractivity contribution is 5.92. The summed E-state index contributed by atoms with van der Waals surface area (Å²) >= 11 is 0. The first-order valence-corrected chi connectivity index (χ1v) is 9.96. The smallest absolute Gasteiger partial charge is 0.270 e. The second kappa shape index (κ2) is 8.71. The summed E-state index contributed by atoms with van der Waals surface area (Å²) in [6.07, 6.45) is 7.69. The van der Waals surface area contributed by atoms with E-state index in [1.165, 1.54) is 19.3 Å². The quantitative estimate of drug-likeness (QED) is 0.807. The molecule has 2 amide bonds. The second-order valence-corrected chi connectivity index (χ2v) is 7.67. The van der Waals surface area contributed by atoms with E-state index in [-0.39, 0.29) is 17.9 Å². The van der Waals surface area contributed by atoms with Crippen molar-refractivity contribution >= 4 is 11.8 Å². The van der Waals surface area contributed by atoms with E-state index in [4.69, 9.17) is 0 Å². The Balaban J connectivity index is 1.60. The maximum absolute atomic E-state index is 12.8. The van der Waals surface area contributed by atoms with Gasteiger partial charge in [0.25, 0.3) is 5.91 Å². The summed E-state index contributed by atoms with van der Waals surface area (Å²) in [5.74, 6) is 0.196. The Morgan fingerprint density at radius 3 is 2.58 bits per heavy atom. The van der Waals surface area contributed by atoms with E-state index < -0.39 is 0 Å². The third-order valence-corrected chi connectivity index (χ3v) is 5.80. The number of amides is 2. The van der Waals surface area contributed by atoms with E-state index in [9.17, 15) is 9.59 Å². The van der Waals surface area contributed by atoms with Crippen molar-refractivity contribution in [1.29, 1.82) is 0 Å². The van der Waals surface area contributed by atoms with E-state index in [1.54, 1.807) is 6.92 Å². The molecule has 0 aromatic carbocycles. The van der Waals surface area contributed by atoms with Crippen LogP contribution in [0.15, 0.2) is 18.3 Å². The van der Waals surface area contributed by atoms with E-state index >= 15 is 0 Å². The molecular formula is C20H32N4O2. The van der Waals surface area contributed by atoms with Gasteiger partial charge in [0.1, 0.15) is 5.69 Å². The number of aryl methyl sites for hydroxylation is 1. The number of likely N-dealkylation sites (tertiary alicyclic amines) is 2. The van der Waals surface area contributed by atoms with Crippen molar-refractivity contribution in [2.75, 3.05) is 39.3 Å². The minimum atomic E-state index is 0.0710. The van der Waals surface area contributed by atoms with Gasteiger partial charge in [-0.15, -0.1) is 0 Å². The van der Waals surface area contributed by atoms with Crippen LogP contribution in [0.25, 0.3) is 0 Å². The van der Waals surface area contributed by atoms with Crippen molar-refractivity contribution in [1.82, 2.24) is 19.3 Å². The van der Waals surface area contributed by atoms with Crippen LogP contribution in [0.3, 0.4) is 0 Å². The predicted octanol–water partition coefficient (Wildman–Crippen LogP) is 1.96. The molecule has 3 heterocycles. The Bertz CT molecular complexity index is 621. The molecule has 6 nitrogen and oxygen atoms in total. The zero-order valence-electron chi connectivity index (χ0n) is 16.2. The van der Waals surface area contributed by atoms with Crippen molar-refractivity contribution in [3.8, 4) is 0 Å². The summed E-state index contributed by atoms with van der Waals surface area (Å²) in [6, 6.07) is 3.90. The van der Waals surface area contributed by atoms with E-state index in [1.807, 2.05) is 39.7 Å². The highest BCUT2D eigenvalue weighted by Gasteiger charge is 2.30. The number of nitrogens with zero attached hydrogens (tertiary/aromatic N) is 4. The zero-order chi connectivity index (χ0) is 18.5. The van der Waals surface area contributed by atoms with Crippen LogP contribution < -0.4 is 0 Å². The van der Waals surface area contributed by atoms with Gasteiger partial charge >= 0.3 is 0 Å². The fourth-order valence-electron chi connectivity index (χ4n) is 4.27. The molecule has 2 saturated heterocycles. The van der Waals surface area contributed by atoms with Crippen molar-refractivity contribution in [3.05, 3.63) is 24.0 Å². The summed E-state index contributed by atoms with van der Waals surface area (Å²) in [5.41, 5.74) is 0.716. The van der Waals surface area contributed by atoms with Crippen LogP contribution in [-0.4, -0.2) is 76.4 Å². The lowest BCUT2D eigenvalue weighted by atomic mass is 10.0. The average Bonchev–Trinajstić information content (AvgIpc) is 3.08. The molecule has 2 aliphatic rings. The molecule has 144 valence electrons. The van der Waals surface area contributed by atoms with Crippen molar-refractivity contribution in [2.45, 2.75) is 45.1 Å². The largest absolute Gasteiger partial charge is 0.347 e. The molecule has 1 aromatic heterocycles. The Morgan fingerprint density at radius 1 is 1.15 bits per heavy atom. The van der Waals surface area contributed by atoms with Gasteiger partial charge in [-0.05, 0) is 50.9 Å². The van der Waals surface area contributed by atoms with Crippen molar-refractivity contribution in [3.63, 3.8) is 0 Å². The minimum absolute atomic E-state index is 0.0710. The minimum Gasteiger partial charge on any atom is -0.347 e. The highest BCUT2D eigenvalue weighted by atomic mass is 16.2. The van der Waals surface area contributed by atoms with Crippen LogP contribution in [0.1, 0.15) is 49.5 Å². The number of hydrogen-bond donors (Lipinski definition) is 0. The molecule has 6 heteroatoms. The third kappa shape index (κ3) is 4.47. The summed E-state index contributed by atoms with van der Waals surface area (Å²) in [6.45, 7) is 7.09. The Hall–Kier alpha value is -1.82. The molecule has 1 aromatic rings. The summed E-state index contributed by atoms with van der Waals surface area (Å²) in [4.78, 5) is 31.5. The monoisotopic (exact) mass is 360 g/mol. The number of carbonyl (C=O) groups excluding carboxylic acids is 2. The fraction of sp³-hybridized carbons (Fsp3) is 0.700. The van der Waals surface area contributed by atoms with Crippen LogP contribution in [-0.2, 0) is 11.8 Å². The molecule has 0 radical (unpaired) electrons. The summed E-state index contributed by atoms with van der Waals surface area (Å²) in [5, 5.41) is 0. The molecule has 0 saturated carbocycles. The second-order valence-electron chi connectivity index (χ2n) is 7.67. The Labute approximate surface area is 156 Å². The normalized spacial score (nSPS) is 21.6. The molecule has 0 spiro atoms. The standard InChI is InChI=1S/C20H32N4O2/c1-17(25)24(15-14-22-11-4-3-5-12-22)18-8-6-13-23(16-18)20(26)19-9-7-10-21(19)2/h7,9-10,18H,3-6,8,11-16H2,1-2H3. The number of carbonyl (C=O) groups is 2. The molecular weight excluding hydrogens is 328 g/mol. The van der Waals surface area contributed by atoms with Gasteiger partial charge in [0.2, 0.25) is 5.91 Å². The number of rotatable bonds is 5. The lowest BCUT2D eigenvalue weighted by Gasteiger charge is -2.40. The van der Waals surface area contributed by atoms with Crippen LogP contribution in [0.5, 0.6) is 0 Å². The predicted molar refractivity (Wildman–Crippen MR) is 102 cm³/mol. The lowest BCUT2D eigenvalue weighted by molar-refractivity contribution is -0.132. The van der Waals surface area contributed by atoms with Gasteiger partial charge in [0, 0.05) is 52.4 Å². The van der Waals surface area contributed by atoms with Crippen molar-refractivity contribution in [2.24, 2.45) is 7.05 Å². The summed E-state index contributed by atoms with van der Waals surface area (Å²) < 4.78 is 1.87. The maximum Gasteiger partial charge on any atom is 0.270 e. The van der Waals surface area contributed by atoms with Crippen LogP contribution >= 0.6 is 0 Å². The molecule has 0 aliphatic carbocycles. The average molecular weight is 361 g/mol. The molecule has 0 N–H and O–H groups in total. The van der Waals surface area contributed by atoms with E-state index in [0.717, 1.165) is 45.6 Å². The van der Waals surface area contributed by atoms with Crippen molar-refractivity contribution < 1.29 is 9.59 Å². The number of piperidine rings is 2. The van der Waals surface area contributed by atoms with Gasteiger partial charge < -0.3 is 19.3 Å². The van der Waals surface area contributed by atoms with Gasteiger partial charge in [0.15, 0.2) is 0 Å². The molecule has 3 rings (SSSR count). The molecule has 0 bridgehead atoms. The van der Waals surface area contributed by atoms with Gasteiger partial charge in [-0.25, -0.2) is 0 Å². The van der Waals surface area contributed by atoms with E-state index in [0.29, 0.717) is 12.2 Å². The molecule has 1 atom stereocenters. The number of hydrogen-bond acceptors (Lipinski definition) is 3.